The van der Waals surface area contributed by atoms with Crippen LogP contribution in [0.4, 0.5) is 0 Å². The Balaban J connectivity index is 2.09. The first-order valence-corrected chi connectivity index (χ1v) is 8.55. The smallest absolute Gasteiger partial charge is 0.271 e. The van der Waals surface area contributed by atoms with Gasteiger partial charge in [-0.15, -0.1) is 0 Å². The van der Waals surface area contributed by atoms with Gasteiger partial charge in [0.15, 0.2) is 0 Å². The minimum absolute atomic E-state index is 0.0266. The van der Waals surface area contributed by atoms with Crippen LogP contribution in [0, 0.1) is 3.57 Å². The van der Waals surface area contributed by atoms with Crippen LogP contribution in [-0.4, -0.2) is 22.3 Å². The van der Waals surface area contributed by atoms with E-state index < -0.39 is 5.91 Å². The molecule has 0 saturated carbocycles. The lowest BCUT2D eigenvalue weighted by molar-refractivity contribution is 0.0955. The molecule has 0 aliphatic rings. The lowest BCUT2D eigenvalue weighted by Crippen LogP contribution is -2.17. The van der Waals surface area contributed by atoms with Crippen molar-refractivity contribution in [3.8, 4) is 11.5 Å². The zero-order valence-corrected chi connectivity index (χ0v) is 16.2. The van der Waals surface area contributed by atoms with E-state index in [0.717, 1.165) is 5.56 Å². The first-order valence-electron chi connectivity index (χ1n) is 5.88. The minimum atomic E-state index is -0.411. The SMILES string of the molecule is O=C(N/N=C\c1ccc(O)c(I)c1)c1cc(Br)c(O)c(Br)c1. The van der Waals surface area contributed by atoms with Crippen LogP contribution in [0.3, 0.4) is 0 Å². The van der Waals surface area contributed by atoms with Crippen LogP contribution in [0.1, 0.15) is 15.9 Å². The molecule has 0 aliphatic heterocycles. The summed E-state index contributed by atoms with van der Waals surface area (Å²) >= 11 is 8.33. The second-order valence-corrected chi connectivity index (χ2v) is 7.07. The molecule has 3 N–H and O–H groups in total. The van der Waals surface area contributed by atoms with Crippen LogP contribution in [0.15, 0.2) is 44.4 Å². The van der Waals surface area contributed by atoms with Gasteiger partial charge < -0.3 is 10.2 Å². The molecule has 0 radical (unpaired) electrons. The maximum absolute atomic E-state index is 12.0. The number of aromatic hydroxyl groups is 2. The fourth-order valence-corrected chi connectivity index (χ4v) is 3.26. The monoisotopic (exact) mass is 538 g/mol. The largest absolute Gasteiger partial charge is 0.507 e. The molecule has 0 heterocycles. The van der Waals surface area contributed by atoms with Gasteiger partial charge in [0.05, 0.1) is 18.7 Å². The average molecular weight is 540 g/mol. The van der Waals surface area contributed by atoms with Crippen molar-refractivity contribution in [1.29, 1.82) is 0 Å². The number of nitrogens with one attached hydrogen (secondary N) is 1. The quantitative estimate of drug-likeness (QED) is 0.313. The number of hydrazone groups is 1. The maximum Gasteiger partial charge on any atom is 0.271 e. The van der Waals surface area contributed by atoms with E-state index in [-0.39, 0.29) is 11.5 Å². The number of rotatable bonds is 3. The molecular weight excluding hydrogens is 531 g/mol. The fourth-order valence-electron chi connectivity index (χ4n) is 1.53. The third-order valence-electron chi connectivity index (χ3n) is 2.63. The Morgan fingerprint density at radius 2 is 1.82 bits per heavy atom. The molecule has 0 saturated heterocycles. The number of benzene rings is 2. The van der Waals surface area contributed by atoms with Crippen molar-refractivity contribution >= 4 is 66.6 Å². The van der Waals surface area contributed by atoms with Crippen molar-refractivity contribution in [3.05, 3.63) is 54.0 Å². The van der Waals surface area contributed by atoms with Gasteiger partial charge in [0.25, 0.3) is 5.91 Å². The number of hydrogen-bond acceptors (Lipinski definition) is 4. The highest BCUT2D eigenvalue weighted by Crippen LogP contribution is 2.33. The molecule has 0 spiro atoms. The second-order valence-electron chi connectivity index (χ2n) is 4.20. The zero-order chi connectivity index (χ0) is 16.3. The Bertz CT molecular complexity index is 743. The first-order chi connectivity index (χ1) is 10.4. The van der Waals surface area contributed by atoms with Crippen molar-refractivity contribution in [1.82, 2.24) is 5.43 Å². The molecule has 0 aliphatic carbocycles. The molecule has 2 aromatic carbocycles. The normalized spacial score (nSPS) is 10.9. The number of amides is 1. The molecule has 22 heavy (non-hydrogen) atoms. The molecule has 114 valence electrons. The molecule has 0 unspecified atom stereocenters. The van der Waals surface area contributed by atoms with E-state index in [1.807, 2.05) is 22.6 Å². The number of hydrogen-bond donors (Lipinski definition) is 3. The number of carbonyl (C=O) groups excluding carboxylic acids is 1. The van der Waals surface area contributed by atoms with Gasteiger partial charge in [-0.3, -0.25) is 4.79 Å². The van der Waals surface area contributed by atoms with Crippen molar-refractivity contribution in [2.75, 3.05) is 0 Å². The molecular formula is C14H9Br2IN2O3. The Labute approximate surface area is 156 Å². The summed E-state index contributed by atoms with van der Waals surface area (Å²) in [4.78, 5) is 12.0. The summed E-state index contributed by atoms with van der Waals surface area (Å²) in [5.41, 5.74) is 3.49. The molecule has 5 nitrogen and oxygen atoms in total. The lowest BCUT2D eigenvalue weighted by Gasteiger charge is -2.04. The second kappa shape index (κ2) is 7.42. The van der Waals surface area contributed by atoms with Crippen LogP contribution in [0.25, 0.3) is 0 Å². The summed E-state index contributed by atoms with van der Waals surface area (Å²) < 4.78 is 1.51. The van der Waals surface area contributed by atoms with E-state index in [4.69, 9.17) is 0 Å². The van der Waals surface area contributed by atoms with Crippen LogP contribution in [0.2, 0.25) is 0 Å². The molecule has 0 atom stereocenters. The van der Waals surface area contributed by atoms with Gasteiger partial charge in [-0.2, -0.15) is 5.10 Å². The number of nitrogens with zero attached hydrogens (tertiary/aromatic N) is 1. The Morgan fingerprint density at radius 1 is 1.18 bits per heavy atom. The molecule has 0 fully saturated rings. The van der Waals surface area contributed by atoms with Crippen molar-refractivity contribution < 1.29 is 15.0 Å². The van der Waals surface area contributed by atoms with Gasteiger partial charge in [0.2, 0.25) is 0 Å². The summed E-state index contributed by atoms with van der Waals surface area (Å²) in [7, 11) is 0. The number of phenols is 2. The topological polar surface area (TPSA) is 81.9 Å². The van der Waals surface area contributed by atoms with Gasteiger partial charge >= 0.3 is 0 Å². The van der Waals surface area contributed by atoms with E-state index >= 15 is 0 Å². The molecule has 0 aromatic heterocycles. The van der Waals surface area contributed by atoms with E-state index in [9.17, 15) is 15.0 Å². The Morgan fingerprint density at radius 3 is 2.41 bits per heavy atom. The highest BCUT2D eigenvalue weighted by atomic mass is 127. The summed E-state index contributed by atoms with van der Waals surface area (Å²) in [6, 6.07) is 7.96. The lowest BCUT2D eigenvalue weighted by atomic mass is 10.2. The molecule has 8 heteroatoms. The van der Waals surface area contributed by atoms with Crippen LogP contribution in [-0.2, 0) is 0 Å². The average Bonchev–Trinajstić information content (AvgIpc) is 2.47. The van der Waals surface area contributed by atoms with E-state index in [1.54, 1.807) is 18.2 Å². The zero-order valence-electron chi connectivity index (χ0n) is 10.8. The standard InChI is InChI=1S/C14H9Br2IN2O3/c15-9-4-8(5-10(16)13(9)21)14(22)19-18-6-7-1-2-12(20)11(17)3-7/h1-6,20-21H,(H,19,22)/b18-6-. The van der Waals surface area contributed by atoms with E-state index in [0.29, 0.717) is 18.1 Å². The summed E-state index contributed by atoms with van der Waals surface area (Å²) in [5, 5.41) is 22.9. The van der Waals surface area contributed by atoms with E-state index in [1.165, 1.54) is 18.3 Å². The minimum Gasteiger partial charge on any atom is -0.507 e. The molecule has 2 aromatic rings. The molecule has 0 bridgehead atoms. The number of halogens is 3. The third kappa shape index (κ3) is 4.20. The predicted octanol–water partition coefficient (Wildman–Crippen LogP) is 3.99. The van der Waals surface area contributed by atoms with Gasteiger partial charge in [0.1, 0.15) is 11.5 Å². The van der Waals surface area contributed by atoms with Crippen LogP contribution >= 0.6 is 54.5 Å². The summed E-state index contributed by atoms with van der Waals surface area (Å²) in [6.45, 7) is 0. The van der Waals surface area contributed by atoms with Gasteiger partial charge in [0, 0.05) is 5.56 Å². The molecule has 1 amide bonds. The highest BCUT2D eigenvalue weighted by Gasteiger charge is 2.11. The van der Waals surface area contributed by atoms with Crippen LogP contribution < -0.4 is 5.43 Å². The predicted molar refractivity (Wildman–Crippen MR) is 99.4 cm³/mol. The number of phenolic OH excluding ortho intramolecular Hbond substituents is 2. The summed E-state index contributed by atoms with van der Waals surface area (Å²) in [6.07, 6.45) is 1.48. The highest BCUT2D eigenvalue weighted by molar-refractivity contribution is 14.1. The van der Waals surface area contributed by atoms with Crippen molar-refractivity contribution in [2.24, 2.45) is 5.10 Å². The third-order valence-corrected chi connectivity index (χ3v) is 4.70. The van der Waals surface area contributed by atoms with Crippen molar-refractivity contribution in [2.45, 2.75) is 0 Å². The maximum atomic E-state index is 12.0. The van der Waals surface area contributed by atoms with Crippen molar-refractivity contribution in [3.63, 3.8) is 0 Å². The Hall–Kier alpha value is -1.13. The van der Waals surface area contributed by atoms with Crippen LogP contribution in [0.5, 0.6) is 11.5 Å². The summed E-state index contributed by atoms with van der Waals surface area (Å²) in [5.74, 6) is -0.189. The van der Waals surface area contributed by atoms with Gasteiger partial charge in [-0.05, 0) is 90.3 Å². The fraction of sp³-hybridized carbons (Fsp3) is 0. The Kier molecular flexibility index (Phi) is 5.81. The van der Waals surface area contributed by atoms with E-state index in [2.05, 4.69) is 42.4 Å². The number of carbonyl (C=O) groups is 1. The molecule has 2 rings (SSSR count). The van der Waals surface area contributed by atoms with Gasteiger partial charge in [-0.25, -0.2) is 5.43 Å². The first kappa shape index (κ1) is 17.2. The van der Waals surface area contributed by atoms with Gasteiger partial charge in [-0.1, -0.05) is 0 Å².